The number of hydrogen-bond acceptors (Lipinski definition) is 5. The summed E-state index contributed by atoms with van der Waals surface area (Å²) in [5, 5.41) is 26.2. The topological polar surface area (TPSA) is 103 Å². The van der Waals surface area contributed by atoms with Crippen molar-refractivity contribution < 1.29 is 10.2 Å². The van der Waals surface area contributed by atoms with E-state index in [1.165, 1.54) is 6.07 Å². The molecule has 0 bridgehead atoms. The zero-order valence-corrected chi connectivity index (χ0v) is 11.1. The number of pyridine rings is 1. The number of H-pyrrole nitrogens is 1. The number of rotatable bonds is 4. The number of fused-ring (bicyclic) bond motifs is 1. The fourth-order valence-electron chi connectivity index (χ4n) is 2.20. The van der Waals surface area contributed by atoms with Crippen LogP contribution in [-0.2, 0) is 0 Å². The van der Waals surface area contributed by atoms with Gasteiger partial charge in [-0.1, -0.05) is 18.2 Å². The SMILES string of the molecule is O=c1[nH]c(O)cc2nn(-c3ccccc3)c(NCCO)c12. The molecule has 21 heavy (non-hydrogen) atoms. The van der Waals surface area contributed by atoms with E-state index in [1.807, 2.05) is 30.3 Å². The van der Waals surface area contributed by atoms with Crippen molar-refractivity contribution in [2.24, 2.45) is 0 Å². The number of para-hydroxylation sites is 1. The zero-order valence-electron chi connectivity index (χ0n) is 11.1. The van der Waals surface area contributed by atoms with Crippen LogP contribution in [0.2, 0.25) is 0 Å². The second-order valence-electron chi connectivity index (χ2n) is 4.49. The van der Waals surface area contributed by atoms with Gasteiger partial charge in [-0.3, -0.25) is 9.78 Å². The molecule has 0 aliphatic rings. The highest BCUT2D eigenvalue weighted by molar-refractivity contribution is 5.90. The molecule has 0 fully saturated rings. The minimum absolute atomic E-state index is 0.0720. The van der Waals surface area contributed by atoms with E-state index < -0.39 is 5.56 Å². The molecule has 0 atom stereocenters. The van der Waals surface area contributed by atoms with Gasteiger partial charge in [0.25, 0.3) is 5.56 Å². The third-order valence-electron chi connectivity index (χ3n) is 3.06. The van der Waals surface area contributed by atoms with Gasteiger partial charge in [-0.25, -0.2) is 4.68 Å². The van der Waals surface area contributed by atoms with E-state index in [1.54, 1.807) is 4.68 Å². The Morgan fingerprint density at radius 2 is 2.05 bits per heavy atom. The molecule has 2 aromatic heterocycles. The van der Waals surface area contributed by atoms with Crippen molar-refractivity contribution >= 4 is 16.7 Å². The lowest BCUT2D eigenvalue weighted by atomic mass is 10.3. The fourth-order valence-corrected chi connectivity index (χ4v) is 2.20. The van der Waals surface area contributed by atoms with Gasteiger partial charge in [0.2, 0.25) is 0 Å². The predicted octanol–water partition coefficient (Wildman–Crippen LogP) is 0.824. The van der Waals surface area contributed by atoms with Crippen molar-refractivity contribution in [3.63, 3.8) is 0 Å². The first-order valence-electron chi connectivity index (χ1n) is 6.46. The number of nitrogens with zero attached hydrogens (tertiary/aromatic N) is 2. The molecular weight excluding hydrogens is 272 g/mol. The van der Waals surface area contributed by atoms with E-state index in [0.29, 0.717) is 16.7 Å². The molecule has 1 aromatic carbocycles. The first kappa shape index (κ1) is 13.2. The van der Waals surface area contributed by atoms with Crippen molar-refractivity contribution in [1.82, 2.24) is 14.8 Å². The van der Waals surface area contributed by atoms with Crippen LogP contribution >= 0.6 is 0 Å². The van der Waals surface area contributed by atoms with Gasteiger partial charge in [0.15, 0.2) is 5.88 Å². The molecule has 0 spiro atoms. The summed E-state index contributed by atoms with van der Waals surface area (Å²) in [5.74, 6) is 0.241. The molecule has 7 nitrogen and oxygen atoms in total. The predicted molar refractivity (Wildman–Crippen MR) is 78.9 cm³/mol. The number of benzene rings is 1. The third kappa shape index (κ3) is 2.34. The molecule has 0 amide bonds. The standard InChI is InChI=1S/C14H14N4O3/c19-7-6-15-13-12-10(8-11(20)16-14(12)21)17-18(13)9-4-2-1-3-5-9/h1-5,8,15,19-20H,6-7H2,(H,16,21). The van der Waals surface area contributed by atoms with Gasteiger partial charge in [-0.15, -0.1) is 0 Å². The maximum atomic E-state index is 12.1. The number of aromatic amines is 1. The number of nitrogens with one attached hydrogen (secondary N) is 2. The van der Waals surface area contributed by atoms with Crippen LogP contribution in [0.1, 0.15) is 0 Å². The highest BCUT2D eigenvalue weighted by Gasteiger charge is 2.16. The van der Waals surface area contributed by atoms with Gasteiger partial charge in [0.1, 0.15) is 16.7 Å². The van der Waals surface area contributed by atoms with Crippen LogP contribution in [0.3, 0.4) is 0 Å². The minimum atomic E-state index is -0.437. The molecule has 0 radical (unpaired) electrons. The fraction of sp³-hybridized carbons (Fsp3) is 0.143. The van der Waals surface area contributed by atoms with E-state index in [2.05, 4.69) is 15.4 Å². The number of hydrogen-bond donors (Lipinski definition) is 4. The smallest absolute Gasteiger partial charge is 0.264 e. The van der Waals surface area contributed by atoms with Crippen LogP contribution in [0.4, 0.5) is 5.82 Å². The van der Waals surface area contributed by atoms with Crippen LogP contribution in [0.25, 0.3) is 16.6 Å². The number of aromatic nitrogens is 3. The molecule has 3 aromatic rings. The van der Waals surface area contributed by atoms with Crippen molar-refractivity contribution in [1.29, 1.82) is 0 Å². The van der Waals surface area contributed by atoms with E-state index in [0.717, 1.165) is 5.69 Å². The van der Waals surface area contributed by atoms with E-state index in [9.17, 15) is 9.90 Å². The van der Waals surface area contributed by atoms with Gasteiger partial charge in [-0.05, 0) is 12.1 Å². The van der Waals surface area contributed by atoms with Crippen LogP contribution in [0.15, 0.2) is 41.2 Å². The lowest BCUT2D eigenvalue weighted by Gasteiger charge is -2.08. The monoisotopic (exact) mass is 286 g/mol. The first-order valence-corrected chi connectivity index (χ1v) is 6.46. The highest BCUT2D eigenvalue weighted by Crippen LogP contribution is 2.24. The molecule has 3 rings (SSSR count). The molecule has 108 valence electrons. The summed E-state index contributed by atoms with van der Waals surface area (Å²) in [6.07, 6.45) is 0. The summed E-state index contributed by atoms with van der Waals surface area (Å²) in [7, 11) is 0. The summed E-state index contributed by atoms with van der Waals surface area (Å²) in [6, 6.07) is 10.7. The van der Waals surface area contributed by atoms with E-state index in [-0.39, 0.29) is 19.0 Å². The maximum Gasteiger partial charge on any atom is 0.264 e. The Hall–Kier alpha value is -2.80. The summed E-state index contributed by atoms with van der Waals surface area (Å²) in [5.41, 5.74) is 0.709. The second kappa shape index (κ2) is 5.29. The summed E-state index contributed by atoms with van der Waals surface area (Å²) in [6.45, 7) is 0.214. The van der Waals surface area contributed by atoms with Crippen LogP contribution in [-0.4, -0.2) is 38.1 Å². The number of aromatic hydroxyl groups is 1. The highest BCUT2D eigenvalue weighted by atomic mass is 16.3. The summed E-state index contributed by atoms with van der Waals surface area (Å²) < 4.78 is 1.58. The molecule has 2 heterocycles. The maximum absolute atomic E-state index is 12.1. The summed E-state index contributed by atoms with van der Waals surface area (Å²) in [4.78, 5) is 14.4. The molecule has 0 aliphatic carbocycles. The Morgan fingerprint density at radius 3 is 2.76 bits per heavy atom. The van der Waals surface area contributed by atoms with Gasteiger partial charge < -0.3 is 15.5 Å². The lowest BCUT2D eigenvalue weighted by Crippen LogP contribution is -2.13. The van der Waals surface area contributed by atoms with Gasteiger partial charge in [-0.2, -0.15) is 5.10 Å². The molecule has 0 saturated carbocycles. The Bertz CT molecular complexity index is 823. The van der Waals surface area contributed by atoms with E-state index in [4.69, 9.17) is 5.11 Å². The Morgan fingerprint density at radius 1 is 1.29 bits per heavy atom. The summed E-state index contributed by atoms with van der Waals surface area (Å²) >= 11 is 0. The van der Waals surface area contributed by atoms with Crippen LogP contribution in [0.5, 0.6) is 5.88 Å². The van der Waals surface area contributed by atoms with Crippen molar-refractivity contribution in [3.8, 4) is 11.6 Å². The van der Waals surface area contributed by atoms with Gasteiger partial charge >= 0.3 is 0 Å². The van der Waals surface area contributed by atoms with Crippen molar-refractivity contribution in [2.45, 2.75) is 0 Å². The van der Waals surface area contributed by atoms with Crippen LogP contribution < -0.4 is 10.9 Å². The quantitative estimate of drug-likeness (QED) is 0.568. The molecule has 0 unspecified atom stereocenters. The average Bonchev–Trinajstić information content (AvgIpc) is 2.84. The van der Waals surface area contributed by atoms with E-state index >= 15 is 0 Å². The van der Waals surface area contributed by atoms with Gasteiger partial charge in [0.05, 0.1) is 12.3 Å². The minimum Gasteiger partial charge on any atom is -0.494 e. The third-order valence-corrected chi connectivity index (χ3v) is 3.06. The van der Waals surface area contributed by atoms with Crippen molar-refractivity contribution in [2.75, 3.05) is 18.5 Å². The van der Waals surface area contributed by atoms with Crippen LogP contribution in [0, 0.1) is 0 Å². The number of aliphatic hydroxyl groups excluding tert-OH is 1. The molecular formula is C14H14N4O3. The Labute approximate surface area is 119 Å². The first-order chi connectivity index (χ1) is 10.2. The van der Waals surface area contributed by atoms with Crippen molar-refractivity contribution in [3.05, 3.63) is 46.8 Å². The van der Waals surface area contributed by atoms with Gasteiger partial charge in [0, 0.05) is 12.6 Å². The number of aliphatic hydroxyl groups is 1. The molecule has 0 saturated heterocycles. The lowest BCUT2D eigenvalue weighted by molar-refractivity contribution is 0.311. The normalized spacial score (nSPS) is 10.9. The number of anilines is 1. The Balaban J connectivity index is 2.28. The Kier molecular flexibility index (Phi) is 3.33. The largest absolute Gasteiger partial charge is 0.494 e. The molecule has 0 aliphatic heterocycles. The molecule has 4 N–H and O–H groups in total. The zero-order chi connectivity index (χ0) is 14.8. The second-order valence-corrected chi connectivity index (χ2v) is 4.49. The molecule has 7 heteroatoms. The average molecular weight is 286 g/mol.